The molecule has 2 atom stereocenters. The van der Waals surface area contributed by atoms with Crippen LogP contribution in [0.25, 0.3) is 0 Å². The number of hydrogen-bond acceptors (Lipinski definition) is 9. The summed E-state index contributed by atoms with van der Waals surface area (Å²) in [6.07, 6.45) is 1.89. The van der Waals surface area contributed by atoms with Gasteiger partial charge in [0.1, 0.15) is 0 Å². The number of rotatable bonds is 6. The number of para-hydroxylation sites is 1. The fraction of sp³-hybridized carbons (Fsp3) is 0.424. The van der Waals surface area contributed by atoms with Crippen LogP contribution in [0.15, 0.2) is 70.5 Å². The van der Waals surface area contributed by atoms with Crippen LogP contribution < -0.4 is 18.9 Å². The molecule has 0 radical (unpaired) electrons. The molecule has 44 heavy (non-hydrogen) atoms. The Morgan fingerprint density at radius 3 is 2.30 bits per heavy atom. The standard InChI is InChI=1S/C33H37N3O7S/c1-22-19-35(25-12-14-34(15-13-25)33(37)28-4-3-5-30-32(28)43-21-41-30)16-17-36(22)23(2)24-6-8-26(9-7-24)44(38,39)27-10-11-29-31(18-27)42-20-40-29/h3-11,18,22-23,25H,12-17,19-21H2,1-2H3/t22-,23+/m1/s1. The minimum atomic E-state index is -3.68. The van der Waals surface area contributed by atoms with Gasteiger partial charge in [-0.2, -0.15) is 0 Å². The van der Waals surface area contributed by atoms with E-state index in [4.69, 9.17) is 18.9 Å². The second-order valence-corrected chi connectivity index (χ2v) is 13.9. The quantitative estimate of drug-likeness (QED) is 0.399. The molecule has 0 saturated carbocycles. The third-order valence-electron chi connectivity index (χ3n) is 9.43. The Balaban J connectivity index is 0.945. The molecule has 2 saturated heterocycles. The lowest BCUT2D eigenvalue weighted by Gasteiger charge is -2.47. The zero-order chi connectivity index (χ0) is 30.4. The maximum Gasteiger partial charge on any atom is 0.257 e. The number of sulfone groups is 1. The second-order valence-electron chi connectivity index (χ2n) is 11.9. The summed E-state index contributed by atoms with van der Waals surface area (Å²) in [7, 11) is -3.68. The smallest absolute Gasteiger partial charge is 0.257 e. The van der Waals surface area contributed by atoms with Crippen molar-refractivity contribution in [1.29, 1.82) is 0 Å². The van der Waals surface area contributed by atoms with Gasteiger partial charge in [0, 0.05) is 56.9 Å². The molecule has 2 fully saturated rings. The summed E-state index contributed by atoms with van der Waals surface area (Å²) < 4.78 is 48.3. The predicted molar refractivity (Wildman–Crippen MR) is 162 cm³/mol. The predicted octanol–water partition coefficient (Wildman–Crippen LogP) is 4.35. The number of carbonyl (C=O) groups excluding carboxylic acids is 1. The highest BCUT2D eigenvalue weighted by Crippen LogP contribution is 2.38. The van der Waals surface area contributed by atoms with E-state index in [1.807, 2.05) is 35.2 Å². The summed E-state index contributed by atoms with van der Waals surface area (Å²) in [4.78, 5) is 20.7. The van der Waals surface area contributed by atoms with Gasteiger partial charge in [0.05, 0.1) is 15.4 Å². The highest BCUT2D eigenvalue weighted by atomic mass is 32.2. The molecule has 0 aliphatic carbocycles. The number of nitrogens with zero attached hydrogens (tertiary/aromatic N) is 3. The lowest BCUT2D eigenvalue weighted by atomic mass is 9.98. The molecule has 3 aromatic carbocycles. The van der Waals surface area contributed by atoms with Crippen molar-refractivity contribution in [3.8, 4) is 23.0 Å². The topological polar surface area (TPSA) is 97.9 Å². The number of carbonyl (C=O) groups is 1. The summed E-state index contributed by atoms with van der Waals surface area (Å²) in [6, 6.07) is 18.4. The van der Waals surface area contributed by atoms with Gasteiger partial charge in [0.25, 0.3) is 5.91 Å². The van der Waals surface area contributed by atoms with Crippen LogP contribution in [-0.2, 0) is 9.84 Å². The van der Waals surface area contributed by atoms with Crippen molar-refractivity contribution >= 4 is 15.7 Å². The van der Waals surface area contributed by atoms with E-state index in [9.17, 15) is 13.2 Å². The van der Waals surface area contributed by atoms with Gasteiger partial charge in [-0.25, -0.2) is 8.42 Å². The van der Waals surface area contributed by atoms with Crippen molar-refractivity contribution in [3.05, 3.63) is 71.8 Å². The molecule has 4 aliphatic heterocycles. The minimum absolute atomic E-state index is 0.00697. The Hall–Kier alpha value is -3.80. The molecular formula is C33H37N3O7S. The Bertz CT molecular complexity index is 1650. The van der Waals surface area contributed by atoms with Gasteiger partial charge in [-0.15, -0.1) is 0 Å². The lowest BCUT2D eigenvalue weighted by molar-refractivity contribution is 0.0135. The normalized spacial score (nSPS) is 21.4. The summed E-state index contributed by atoms with van der Waals surface area (Å²) in [5, 5.41) is 0. The number of benzene rings is 3. The highest BCUT2D eigenvalue weighted by molar-refractivity contribution is 7.91. The van der Waals surface area contributed by atoms with E-state index in [0.717, 1.165) is 51.1 Å². The number of fused-ring (bicyclic) bond motifs is 2. The molecule has 4 aliphatic rings. The first-order chi connectivity index (χ1) is 21.3. The first-order valence-electron chi connectivity index (χ1n) is 15.2. The number of likely N-dealkylation sites (tertiary alicyclic amines) is 1. The van der Waals surface area contributed by atoms with Gasteiger partial charge >= 0.3 is 0 Å². The average Bonchev–Trinajstić information content (AvgIpc) is 3.74. The molecule has 0 spiro atoms. The maximum atomic E-state index is 13.3. The van der Waals surface area contributed by atoms with Gasteiger partial charge in [-0.3, -0.25) is 14.6 Å². The van der Waals surface area contributed by atoms with Crippen LogP contribution in [0.5, 0.6) is 23.0 Å². The summed E-state index contributed by atoms with van der Waals surface area (Å²) >= 11 is 0. The van der Waals surface area contributed by atoms with E-state index in [0.29, 0.717) is 40.6 Å². The van der Waals surface area contributed by atoms with Gasteiger partial charge in [0.2, 0.25) is 23.4 Å². The van der Waals surface area contributed by atoms with E-state index < -0.39 is 9.84 Å². The molecule has 7 rings (SSSR count). The Morgan fingerprint density at radius 1 is 0.818 bits per heavy atom. The van der Waals surface area contributed by atoms with Gasteiger partial charge in [-0.05, 0) is 68.7 Å². The molecule has 10 nitrogen and oxygen atoms in total. The van der Waals surface area contributed by atoms with Crippen LogP contribution in [0.4, 0.5) is 0 Å². The fourth-order valence-corrected chi connectivity index (χ4v) is 8.18. The third kappa shape index (κ3) is 5.27. The van der Waals surface area contributed by atoms with E-state index in [2.05, 4.69) is 23.6 Å². The summed E-state index contributed by atoms with van der Waals surface area (Å²) in [5.74, 6) is 2.20. The van der Waals surface area contributed by atoms with Gasteiger partial charge < -0.3 is 23.8 Å². The van der Waals surface area contributed by atoms with E-state index >= 15 is 0 Å². The molecule has 0 unspecified atom stereocenters. The zero-order valence-corrected chi connectivity index (χ0v) is 25.8. The van der Waals surface area contributed by atoms with Gasteiger partial charge in [0.15, 0.2) is 23.0 Å². The number of piperidine rings is 1. The fourth-order valence-electron chi connectivity index (χ4n) is 6.91. The largest absolute Gasteiger partial charge is 0.454 e. The molecule has 11 heteroatoms. The van der Waals surface area contributed by atoms with E-state index in [-0.39, 0.29) is 35.3 Å². The molecule has 0 N–H and O–H groups in total. The molecule has 3 aromatic rings. The Kier molecular flexibility index (Phi) is 7.63. The van der Waals surface area contributed by atoms with Crippen LogP contribution in [0.3, 0.4) is 0 Å². The van der Waals surface area contributed by atoms with Crippen LogP contribution in [0, 0.1) is 0 Å². The van der Waals surface area contributed by atoms with Crippen molar-refractivity contribution in [2.24, 2.45) is 0 Å². The first kappa shape index (κ1) is 28.9. The van der Waals surface area contributed by atoms with Crippen LogP contribution in [-0.4, -0.2) is 87.4 Å². The molecule has 4 heterocycles. The van der Waals surface area contributed by atoms with Crippen molar-refractivity contribution in [2.75, 3.05) is 46.3 Å². The molecule has 1 amide bonds. The first-order valence-corrected chi connectivity index (χ1v) is 16.7. The third-order valence-corrected chi connectivity index (χ3v) is 11.2. The van der Waals surface area contributed by atoms with Crippen molar-refractivity contribution in [2.45, 2.75) is 54.6 Å². The molecule has 0 bridgehead atoms. The minimum Gasteiger partial charge on any atom is -0.454 e. The summed E-state index contributed by atoms with van der Waals surface area (Å²) in [5.41, 5.74) is 1.66. The van der Waals surface area contributed by atoms with Crippen LogP contribution >= 0.6 is 0 Å². The van der Waals surface area contributed by atoms with Crippen molar-refractivity contribution in [1.82, 2.24) is 14.7 Å². The monoisotopic (exact) mass is 619 g/mol. The zero-order valence-electron chi connectivity index (χ0n) is 25.0. The average molecular weight is 620 g/mol. The molecule has 0 aromatic heterocycles. The Morgan fingerprint density at radius 2 is 1.52 bits per heavy atom. The number of ether oxygens (including phenoxy) is 4. The number of piperazine rings is 1. The van der Waals surface area contributed by atoms with Crippen molar-refractivity contribution < 1.29 is 32.2 Å². The number of hydrogen-bond donors (Lipinski definition) is 0. The maximum absolute atomic E-state index is 13.3. The number of amides is 1. The molecular weight excluding hydrogens is 582 g/mol. The van der Waals surface area contributed by atoms with Crippen LogP contribution in [0.1, 0.15) is 48.7 Å². The second kappa shape index (κ2) is 11.6. The van der Waals surface area contributed by atoms with Crippen molar-refractivity contribution in [3.63, 3.8) is 0 Å². The highest BCUT2D eigenvalue weighted by Gasteiger charge is 2.35. The van der Waals surface area contributed by atoms with E-state index in [1.165, 1.54) is 6.07 Å². The summed E-state index contributed by atoms with van der Waals surface area (Å²) in [6.45, 7) is 8.98. The molecule has 232 valence electrons. The SMILES string of the molecule is C[C@@H]1CN(C2CCN(C(=O)c3cccc4c3OCO4)CC2)CCN1[C@@H](C)c1ccc(S(=O)(=O)c2ccc3c(c2)OCO3)cc1. The van der Waals surface area contributed by atoms with Crippen LogP contribution in [0.2, 0.25) is 0 Å². The Labute approximate surface area is 258 Å². The lowest BCUT2D eigenvalue weighted by Crippen LogP contribution is -2.57. The van der Waals surface area contributed by atoms with E-state index in [1.54, 1.807) is 24.3 Å². The van der Waals surface area contributed by atoms with Gasteiger partial charge in [-0.1, -0.05) is 18.2 Å².